The maximum absolute atomic E-state index is 13.9. The molecule has 0 aliphatic rings. The molecule has 2 aromatic rings. The Hall–Kier alpha value is -2.58. The number of rotatable bonds is 3. The summed E-state index contributed by atoms with van der Waals surface area (Å²) >= 11 is 0. The minimum Gasteiger partial charge on any atom is -0.465 e. The van der Waals surface area contributed by atoms with Gasteiger partial charge < -0.3 is 15.5 Å². The normalized spacial score (nSPS) is 9.86. The van der Waals surface area contributed by atoms with Gasteiger partial charge in [-0.25, -0.2) is 4.39 Å². The Bertz CT molecular complexity index is 711. The quantitative estimate of drug-likeness (QED) is 0.848. The maximum atomic E-state index is 13.9. The Morgan fingerprint density at radius 3 is 2.81 bits per heavy atom. The highest BCUT2D eigenvalue weighted by atomic mass is 19.1. The van der Waals surface area contributed by atoms with Gasteiger partial charge in [-0.3, -0.25) is 4.79 Å². The lowest BCUT2D eigenvalue weighted by atomic mass is 10.1. The summed E-state index contributed by atoms with van der Waals surface area (Å²) < 4.78 is 19.2. The molecule has 0 unspecified atom stereocenters. The van der Waals surface area contributed by atoms with Crippen LogP contribution < -0.4 is 11.1 Å². The lowest BCUT2D eigenvalue weighted by Crippen LogP contribution is -2.23. The van der Waals surface area contributed by atoms with Crippen LogP contribution in [0.4, 0.5) is 4.39 Å². The van der Waals surface area contributed by atoms with Crippen molar-refractivity contribution in [2.45, 2.75) is 13.5 Å². The highest BCUT2D eigenvalue weighted by Crippen LogP contribution is 2.11. The van der Waals surface area contributed by atoms with Gasteiger partial charge >= 0.3 is 0 Å². The second kappa shape index (κ2) is 6.73. The van der Waals surface area contributed by atoms with Gasteiger partial charge in [0, 0.05) is 5.56 Å². The molecule has 0 aliphatic heterocycles. The van der Waals surface area contributed by atoms with E-state index in [4.69, 9.17) is 10.2 Å². The predicted octanol–water partition coefficient (Wildman–Crippen LogP) is 1.97. The van der Waals surface area contributed by atoms with Gasteiger partial charge in [-0.2, -0.15) is 0 Å². The molecule has 0 saturated carbocycles. The molecule has 3 N–H and O–H groups in total. The van der Waals surface area contributed by atoms with Crippen molar-refractivity contribution in [1.29, 1.82) is 0 Å². The van der Waals surface area contributed by atoms with Crippen LogP contribution in [0.3, 0.4) is 0 Å². The molecule has 0 aliphatic carbocycles. The van der Waals surface area contributed by atoms with E-state index in [0.29, 0.717) is 11.3 Å². The number of halogens is 1. The van der Waals surface area contributed by atoms with Gasteiger partial charge in [-0.15, -0.1) is 0 Å². The summed E-state index contributed by atoms with van der Waals surface area (Å²) in [4.78, 5) is 11.9. The zero-order chi connectivity index (χ0) is 15.2. The fourth-order valence-electron chi connectivity index (χ4n) is 1.77. The third-order valence-corrected chi connectivity index (χ3v) is 2.77. The van der Waals surface area contributed by atoms with E-state index in [1.54, 1.807) is 18.2 Å². The number of hydrogen-bond acceptors (Lipinski definition) is 3. The van der Waals surface area contributed by atoms with Gasteiger partial charge in [0.05, 0.1) is 18.7 Å². The van der Waals surface area contributed by atoms with Crippen LogP contribution in [0.2, 0.25) is 0 Å². The summed E-state index contributed by atoms with van der Waals surface area (Å²) in [5, 5.41) is 2.60. The summed E-state index contributed by atoms with van der Waals surface area (Å²) in [5.74, 6) is 5.59. The summed E-state index contributed by atoms with van der Waals surface area (Å²) in [6.07, 6.45) is 0. The lowest BCUT2D eigenvalue weighted by molar-refractivity contribution is 0.0944. The molecule has 4 nitrogen and oxygen atoms in total. The van der Waals surface area contributed by atoms with Gasteiger partial charge in [0.2, 0.25) is 0 Å². The molecular weight excluding hydrogens is 271 g/mol. The minimum absolute atomic E-state index is 0.0309. The first kappa shape index (κ1) is 14.8. The van der Waals surface area contributed by atoms with Crippen LogP contribution in [-0.4, -0.2) is 12.5 Å². The number of carbonyl (C=O) groups excluding carboxylic acids is 1. The molecule has 1 aromatic heterocycles. The van der Waals surface area contributed by atoms with Crippen molar-refractivity contribution < 1.29 is 13.6 Å². The average Bonchev–Trinajstić information content (AvgIpc) is 2.88. The second-order valence-electron chi connectivity index (χ2n) is 4.40. The zero-order valence-electron chi connectivity index (χ0n) is 11.6. The average molecular weight is 286 g/mol. The zero-order valence-corrected chi connectivity index (χ0v) is 11.6. The van der Waals surface area contributed by atoms with Crippen LogP contribution in [0.15, 0.2) is 34.7 Å². The first-order valence-corrected chi connectivity index (χ1v) is 6.42. The summed E-state index contributed by atoms with van der Waals surface area (Å²) in [6.45, 7) is 2.22. The molecule has 5 heteroatoms. The van der Waals surface area contributed by atoms with Crippen LogP contribution in [0.5, 0.6) is 0 Å². The molecule has 0 fully saturated rings. The highest BCUT2D eigenvalue weighted by molar-refractivity contribution is 5.94. The van der Waals surface area contributed by atoms with Gasteiger partial charge in [-0.05, 0) is 37.3 Å². The third-order valence-electron chi connectivity index (χ3n) is 2.77. The van der Waals surface area contributed by atoms with Crippen molar-refractivity contribution in [2.24, 2.45) is 5.73 Å². The number of nitrogens with two attached hydrogens (primary N) is 1. The first-order chi connectivity index (χ1) is 10.1. The van der Waals surface area contributed by atoms with E-state index >= 15 is 0 Å². The number of amides is 1. The summed E-state index contributed by atoms with van der Waals surface area (Å²) in [7, 11) is 0. The SMILES string of the molecule is Cc1ccc(CNC(=O)c2ccc(C#CCN)cc2F)o1. The number of hydrogen-bond donors (Lipinski definition) is 2. The molecule has 1 amide bonds. The largest absolute Gasteiger partial charge is 0.465 e. The first-order valence-electron chi connectivity index (χ1n) is 6.42. The van der Waals surface area contributed by atoms with Crippen LogP contribution in [-0.2, 0) is 6.54 Å². The fourth-order valence-corrected chi connectivity index (χ4v) is 1.77. The van der Waals surface area contributed by atoms with E-state index in [1.165, 1.54) is 12.1 Å². The Kier molecular flexibility index (Phi) is 4.75. The molecule has 0 saturated heterocycles. The molecule has 0 radical (unpaired) electrons. The van der Waals surface area contributed by atoms with Gasteiger partial charge in [0.25, 0.3) is 5.91 Å². The monoisotopic (exact) mass is 286 g/mol. The molecule has 1 aromatic carbocycles. The van der Waals surface area contributed by atoms with Gasteiger partial charge in [0.1, 0.15) is 17.3 Å². The molecule has 0 bridgehead atoms. The van der Waals surface area contributed by atoms with E-state index in [9.17, 15) is 9.18 Å². The van der Waals surface area contributed by atoms with Crippen LogP contribution in [0, 0.1) is 24.6 Å². The van der Waals surface area contributed by atoms with Crippen LogP contribution in [0.25, 0.3) is 0 Å². The Morgan fingerprint density at radius 2 is 2.19 bits per heavy atom. The van der Waals surface area contributed by atoms with E-state index in [2.05, 4.69) is 17.2 Å². The van der Waals surface area contributed by atoms with Gasteiger partial charge in [-0.1, -0.05) is 11.8 Å². The molecule has 0 spiro atoms. The number of benzene rings is 1. The third kappa shape index (κ3) is 3.94. The van der Waals surface area contributed by atoms with Crippen molar-refractivity contribution in [2.75, 3.05) is 6.54 Å². The molecular formula is C16H15FN2O2. The Balaban J connectivity index is 2.05. The molecule has 0 atom stereocenters. The molecule has 108 valence electrons. The van der Waals surface area contributed by atoms with Crippen molar-refractivity contribution in [3.63, 3.8) is 0 Å². The number of furan rings is 1. The molecule has 1 heterocycles. The lowest BCUT2D eigenvalue weighted by Gasteiger charge is -2.05. The van der Waals surface area contributed by atoms with Crippen molar-refractivity contribution >= 4 is 5.91 Å². The number of aryl methyl sites for hydroxylation is 1. The Morgan fingerprint density at radius 1 is 1.38 bits per heavy atom. The van der Waals surface area contributed by atoms with Gasteiger partial charge in [0.15, 0.2) is 0 Å². The highest BCUT2D eigenvalue weighted by Gasteiger charge is 2.12. The Labute approximate surface area is 122 Å². The predicted molar refractivity (Wildman–Crippen MR) is 76.9 cm³/mol. The van der Waals surface area contributed by atoms with E-state index in [-0.39, 0.29) is 18.7 Å². The number of nitrogens with one attached hydrogen (secondary N) is 1. The van der Waals surface area contributed by atoms with Crippen LogP contribution >= 0.6 is 0 Å². The smallest absolute Gasteiger partial charge is 0.254 e. The van der Waals surface area contributed by atoms with E-state index in [0.717, 1.165) is 5.76 Å². The topological polar surface area (TPSA) is 68.3 Å². The standard InChI is InChI=1S/C16H15FN2O2/c1-11-4-6-13(21-11)10-19-16(20)14-7-5-12(3-2-8-18)9-15(14)17/h4-7,9H,8,10,18H2,1H3,(H,19,20). The van der Waals surface area contributed by atoms with Crippen LogP contribution in [0.1, 0.15) is 27.4 Å². The minimum atomic E-state index is -0.619. The van der Waals surface area contributed by atoms with E-state index in [1.807, 2.05) is 6.92 Å². The molecule has 21 heavy (non-hydrogen) atoms. The number of carbonyl (C=O) groups is 1. The van der Waals surface area contributed by atoms with Crippen molar-refractivity contribution in [3.05, 3.63) is 58.8 Å². The molecule has 2 rings (SSSR count). The van der Waals surface area contributed by atoms with Crippen molar-refractivity contribution in [1.82, 2.24) is 5.32 Å². The maximum Gasteiger partial charge on any atom is 0.254 e. The van der Waals surface area contributed by atoms with E-state index < -0.39 is 11.7 Å². The van der Waals surface area contributed by atoms with Crippen molar-refractivity contribution in [3.8, 4) is 11.8 Å². The fraction of sp³-hybridized carbons (Fsp3) is 0.188. The summed E-state index contributed by atoms with van der Waals surface area (Å²) in [6, 6.07) is 7.76. The second-order valence-corrected chi connectivity index (χ2v) is 4.40. The summed E-state index contributed by atoms with van der Waals surface area (Å²) in [5.41, 5.74) is 5.70.